The number of aromatic hydroxyl groups is 1. The fraction of sp³-hybridized carbons (Fsp3) is 0.556. The van der Waals surface area contributed by atoms with Gasteiger partial charge in [0.2, 0.25) is 0 Å². The van der Waals surface area contributed by atoms with Gasteiger partial charge in [-0.05, 0) is 62.4 Å². The van der Waals surface area contributed by atoms with Crippen LogP contribution in [0.25, 0.3) is 17.3 Å². The zero-order chi connectivity index (χ0) is 23.5. The van der Waals surface area contributed by atoms with Crippen LogP contribution in [0.4, 0.5) is 5.82 Å². The first-order valence-corrected chi connectivity index (χ1v) is 12.7. The zero-order valence-corrected chi connectivity index (χ0v) is 20.4. The van der Waals surface area contributed by atoms with Gasteiger partial charge < -0.3 is 20.1 Å². The Hall–Kier alpha value is -2.48. The van der Waals surface area contributed by atoms with E-state index in [0.29, 0.717) is 35.4 Å². The van der Waals surface area contributed by atoms with Gasteiger partial charge in [-0.25, -0.2) is 0 Å². The van der Waals surface area contributed by atoms with Crippen LogP contribution in [0.2, 0.25) is 0 Å². The summed E-state index contributed by atoms with van der Waals surface area (Å²) in [5.41, 5.74) is 2.37. The maximum absolute atomic E-state index is 10.7. The van der Waals surface area contributed by atoms with E-state index in [-0.39, 0.29) is 5.75 Å². The van der Waals surface area contributed by atoms with Crippen LogP contribution in [0, 0.1) is 0 Å². The summed E-state index contributed by atoms with van der Waals surface area (Å²) >= 11 is 0. The van der Waals surface area contributed by atoms with Crippen LogP contribution in [-0.2, 0) is 4.74 Å². The number of benzene rings is 1. The Labute approximate surface area is 202 Å². The second-order valence-electron chi connectivity index (χ2n) is 10.0. The minimum Gasteiger partial charge on any atom is -0.507 e. The van der Waals surface area contributed by atoms with Crippen molar-refractivity contribution in [2.75, 3.05) is 38.3 Å². The number of aromatic nitrogens is 2. The fourth-order valence-corrected chi connectivity index (χ4v) is 5.62. The fourth-order valence-electron chi connectivity index (χ4n) is 5.62. The first kappa shape index (κ1) is 23.3. The topological polar surface area (TPSA) is 73.8 Å². The van der Waals surface area contributed by atoms with Gasteiger partial charge >= 0.3 is 0 Å². The summed E-state index contributed by atoms with van der Waals surface area (Å²) in [5, 5.41) is 23.4. The number of nitrogens with zero attached hydrogens (tertiary/aromatic N) is 4. The molecule has 0 spiro atoms. The molecule has 3 saturated heterocycles. The lowest BCUT2D eigenvalue weighted by Gasteiger charge is -2.43. The molecular weight excluding hydrogens is 426 g/mol. The summed E-state index contributed by atoms with van der Waals surface area (Å²) in [6.07, 6.45) is 10.5. The number of hydrogen-bond donors (Lipinski definition) is 2. The molecule has 7 nitrogen and oxygen atoms in total. The summed E-state index contributed by atoms with van der Waals surface area (Å²) in [7, 11) is 2.13. The van der Waals surface area contributed by atoms with E-state index >= 15 is 0 Å². The van der Waals surface area contributed by atoms with Crippen molar-refractivity contribution >= 4 is 11.9 Å². The highest BCUT2D eigenvalue weighted by Crippen LogP contribution is 2.32. The zero-order valence-electron chi connectivity index (χ0n) is 20.4. The number of ether oxygens (including phenoxy) is 1. The number of phenols is 1. The number of rotatable bonds is 6. The maximum Gasteiger partial charge on any atom is 0.151 e. The molecular formula is C27H37N5O2. The van der Waals surface area contributed by atoms with Gasteiger partial charge in [-0.15, -0.1) is 10.2 Å². The molecule has 0 amide bonds. The van der Waals surface area contributed by atoms with Gasteiger partial charge in [-0.3, -0.25) is 4.90 Å². The lowest BCUT2D eigenvalue weighted by Crippen LogP contribution is -2.54. The van der Waals surface area contributed by atoms with Crippen molar-refractivity contribution in [3.8, 4) is 17.0 Å². The van der Waals surface area contributed by atoms with Gasteiger partial charge in [0.25, 0.3) is 0 Å². The molecule has 0 radical (unpaired) electrons. The molecule has 3 fully saturated rings. The number of fused-ring (bicyclic) bond motifs is 2. The predicted octanol–water partition coefficient (Wildman–Crippen LogP) is 3.69. The van der Waals surface area contributed by atoms with Crippen molar-refractivity contribution in [3.05, 3.63) is 42.0 Å². The number of phenolic OH excluding ortho intramolecular Hbond substituents is 1. The number of hydrogen-bond acceptors (Lipinski definition) is 7. The normalized spacial score (nSPS) is 26.5. The SMILES string of the molecule is CC(/C=C/c1ccc(-c2ccc(N(C)C3C[C@H]4CCC[C@@H](C3)N4)nn2)c(O)c1)N1CCOCC1. The third kappa shape index (κ3) is 5.27. The Morgan fingerprint density at radius 2 is 1.88 bits per heavy atom. The second kappa shape index (κ2) is 10.4. The quantitative estimate of drug-likeness (QED) is 0.677. The molecule has 7 heteroatoms. The van der Waals surface area contributed by atoms with E-state index in [2.05, 4.69) is 51.4 Å². The highest BCUT2D eigenvalue weighted by Gasteiger charge is 2.33. The Kier molecular flexibility index (Phi) is 7.13. The highest BCUT2D eigenvalue weighted by molar-refractivity contribution is 5.70. The molecule has 34 heavy (non-hydrogen) atoms. The Balaban J connectivity index is 1.23. The van der Waals surface area contributed by atoms with Gasteiger partial charge in [0.1, 0.15) is 5.75 Å². The molecule has 182 valence electrons. The van der Waals surface area contributed by atoms with Gasteiger partial charge in [0.15, 0.2) is 5.82 Å². The monoisotopic (exact) mass is 463 g/mol. The van der Waals surface area contributed by atoms with E-state index in [9.17, 15) is 5.11 Å². The van der Waals surface area contributed by atoms with Crippen LogP contribution in [0.3, 0.4) is 0 Å². The lowest BCUT2D eigenvalue weighted by molar-refractivity contribution is 0.0288. The second-order valence-corrected chi connectivity index (χ2v) is 10.0. The van der Waals surface area contributed by atoms with E-state index < -0.39 is 0 Å². The van der Waals surface area contributed by atoms with Crippen molar-refractivity contribution in [2.45, 2.75) is 63.2 Å². The van der Waals surface area contributed by atoms with E-state index in [4.69, 9.17) is 4.74 Å². The molecule has 0 aliphatic carbocycles. The Morgan fingerprint density at radius 1 is 1.12 bits per heavy atom. The predicted molar refractivity (Wildman–Crippen MR) is 136 cm³/mol. The van der Waals surface area contributed by atoms with Crippen LogP contribution in [0.15, 0.2) is 36.4 Å². The summed E-state index contributed by atoms with van der Waals surface area (Å²) in [6, 6.07) is 11.8. The largest absolute Gasteiger partial charge is 0.507 e. The summed E-state index contributed by atoms with van der Waals surface area (Å²) in [6.45, 7) is 5.70. The van der Waals surface area contributed by atoms with Crippen LogP contribution in [0.1, 0.15) is 44.6 Å². The summed E-state index contributed by atoms with van der Waals surface area (Å²) < 4.78 is 5.44. The maximum atomic E-state index is 10.7. The third-order valence-electron chi connectivity index (χ3n) is 7.74. The van der Waals surface area contributed by atoms with Crippen LogP contribution in [-0.4, -0.2) is 77.7 Å². The highest BCUT2D eigenvalue weighted by atomic mass is 16.5. The standard InChI is InChI=1S/C27H37N5O2/c1-19(32-12-14-34-15-13-32)6-7-20-8-9-24(26(33)16-20)25-10-11-27(30-29-25)31(2)23-17-21-4-3-5-22(18-23)28-21/h6-11,16,19,21-23,28,33H,3-5,12-15,17-18H2,1-2H3/b7-6+/t19?,21-,22+,23?. The molecule has 3 aliphatic heterocycles. The van der Waals surface area contributed by atoms with Crippen molar-refractivity contribution < 1.29 is 9.84 Å². The molecule has 0 saturated carbocycles. The number of piperidine rings is 2. The molecule has 4 atom stereocenters. The Morgan fingerprint density at radius 3 is 2.56 bits per heavy atom. The number of nitrogens with one attached hydrogen (secondary N) is 1. The van der Waals surface area contributed by atoms with Crippen LogP contribution >= 0.6 is 0 Å². The number of morpholine rings is 1. The molecule has 2 unspecified atom stereocenters. The molecule has 2 aromatic rings. The molecule has 1 aromatic heterocycles. The molecule has 4 heterocycles. The number of anilines is 1. The van der Waals surface area contributed by atoms with Crippen molar-refractivity contribution in [3.63, 3.8) is 0 Å². The average molecular weight is 464 g/mol. The molecule has 2 bridgehead atoms. The molecule has 2 N–H and O–H groups in total. The van der Waals surface area contributed by atoms with E-state index in [1.165, 1.54) is 19.3 Å². The lowest BCUT2D eigenvalue weighted by atomic mass is 9.83. The van der Waals surface area contributed by atoms with E-state index in [1.807, 2.05) is 24.3 Å². The van der Waals surface area contributed by atoms with Gasteiger partial charge in [0, 0.05) is 49.9 Å². The van der Waals surface area contributed by atoms with Crippen LogP contribution in [0.5, 0.6) is 5.75 Å². The minimum absolute atomic E-state index is 0.225. The van der Waals surface area contributed by atoms with Crippen molar-refractivity contribution in [1.82, 2.24) is 20.4 Å². The van der Waals surface area contributed by atoms with Gasteiger partial charge in [-0.1, -0.05) is 24.6 Å². The van der Waals surface area contributed by atoms with E-state index in [0.717, 1.165) is 50.5 Å². The summed E-state index contributed by atoms with van der Waals surface area (Å²) in [5.74, 6) is 1.12. The molecule has 3 aliphatic rings. The molecule has 5 rings (SSSR count). The van der Waals surface area contributed by atoms with Crippen molar-refractivity contribution in [2.24, 2.45) is 0 Å². The third-order valence-corrected chi connectivity index (χ3v) is 7.74. The van der Waals surface area contributed by atoms with Crippen LogP contribution < -0.4 is 10.2 Å². The van der Waals surface area contributed by atoms with Crippen molar-refractivity contribution in [1.29, 1.82) is 0 Å². The first-order chi connectivity index (χ1) is 16.6. The van der Waals surface area contributed by atoms with E-state index in [1.54, 1.807) is 6.07 Å². The first-order valence-electron chi connectivity index (χ1n) is 12.7. The average Bonchev–Trinajstić information content (AvgIpc) is 2.87. The smallest absolute Gasteiger partial charge is 0.151 e. The Bertz CT molecular complexity index is 977. The van der Waals surface area contributed by atoms with Gasteiger partial charge in [0.05, 0.1) is 18.9 Å². The summed E-state index contributed by atoms with van der Waals surface area (Å²) in [4.78, 5) is 4.69. The minimum atomic E-state index is 0.225. The van der Waals surface area contributed by atoms with Gasteiger partial charge in [-0.2, -0.15) is 0 Å². The molecule has 1 aromatic carbocycles.